The second-order valence-electron chi connectivity index (χ2n) is 7.09. The number of hydrogen-bond acceptors (Lipinski definition) is 4. The van der Waals surface area contributed by atoms with Gasteiger partial charge in [-0.15, -0.1) is 0 Å². The Morgan fingerprint density at radius 3 is 2.57 bits per heavy atom. The van der Waals surface area contributed by atoms with Crippen molar-refractivity contribution < 1.29 is 4.79 Å². The summed E-state index contributed by atoms with van der Waals surface area (Å²) in [7, 11) is 0. The predicted molar refractivity (Wildman–Crippen MR) is 108 cm³/mol. The number of nitrogens with one attached hydrogen (secondary N) is 1. The lowest BCUT2D eigenvalue weighted by Crippen LogP contribution is -2.27. The molecule has 2 heterocycles. The lowest BCUT2D eigenvalue weighted by molar-refractivity contribution is -0.116. The average molecular weight is 379 g/mol. The summed E-state index contributed by atoms with van der Waals surface area (Å²) in [5, 5.41) is 7.39. The maximum Gasteiger partial charge on any atom is 0.347 e. The molecule has 7 heteroatoms. The van der Waals surface area contributed by atoms with Gasteiger partial charge >= 0.3 is 5.69 Å². The van der Waals surface area contributed by atoms with Crippen LogP contribution in [0, 0.1) is 27.7 Å². The molecule has 146 valence electrons. The van der Waals surface area contributed by atoms with Crippen LogP contribution in [0.25, 0.3) is 0 Å². The van der Waals surface area contributed by atoms with Gasteiger partial charge in [0.15, 0.2) is 0 Å². The first-order valence-electron chi connectivity index (χ1n) is 9.27. The third-order valence-corrected chi connectivity index (χ3v) is 4.49. The van der Waals surface area contributed by atoms with Crippen LogP contribution in [0.4, 0.5) is 5.82 Å². The van der Waals surface area contributed by atoms with Gasteiger partial charge in [-0.2, -0.15) is 10.1 Å². The monoisotopic (exact) mass is 379 g/mol. The molecule has 0 aliphatic heterocycles. The predicted octanol–water partition coefficient (Wildman–Crippen LogP) is 2.75. The van der Waals surface area contributed by atoms with Crippen LogP contribution in [-0.2, 0) is 17.9 Å². The van der Waals surface area contributed by atoms with E-state index in [1.165, 1.54) is 10.1 Å². The van der Waals surface area contributed by atoms with Gasteiger partial charge in [-0.3, -0.25) is 9.36 Å². The minimum atomic E-state index is -0.328. The minimum absolute atomic E-state index is 0.169. The van der Waals surface area contributed by atoms with Crippen LogP contribution in [0.15, 0.2) is 41.2 Å². The van der Waals surface area contributed by atoms with Gasteiger partial charge in [-0.25, -0.2) is 9.48 Å². The van der Waals surface area contributed by atoms with Crippen LogP contribution in [-0.4, -0.2) is 25.2 Å². The number of benzene rings is 1. The highest BCUT2D eigenvalue weighted by Gasteiger charge is 2.11. The van der Waals surface area contributed by atoms with Gasteiger partial charge in [0.1, 0.15) is 5.82 Å². The van der Waals surface area contributed by atoms with Crippen molar-refractivity contribution in [3.8, 4) is 0 Å². The van der Waals surface area contributed by atoms with Crippen molar-refractivity contribution in [1.29, 1.82) is 0 Å². The Labute approximate surface area is 164 Å². The summed E-state index contributed by atoms with van der Waals surface area (Å²) < 4.78 is 3.30. The largest absolute Gasteiger partial charge is 0.347 e. The van der Waals surface area contributed by atoms with Crippen molar-refractivity contribution >= 4 is 11.7 Å². The molecule has 3 rings (SSSR count). The normalized spacial score (nSPS) is 10.9. The molecule has 7 nitrogen and oxygen atoms in total. The standard InChI is InChI=1S/C21H25N5O2/c1-14-6-5-7-18(10-14)13-26-19(12-16(3)24-26)23-20(27)8-9-25-17(4)11-15(2)22-21(25)28/h5-7,10-12H,8-9,13H2,1-4H3,(H,23,27). The van der Waals surface area contributed by atoms with Crippen molar-refractivity contribution in [1.82, 2.24) is 19.3 Å². The first-order chi connectivity index (χ1) is 13.3. The van der Waals surface area contributed by atoms with Crippen molar-refractivity contribution in [2.75, 3.05) is 5.32 Å². The van der Waals surface area contributed by atoms with E-state index in [4.69, 9.17) is 0 Å². The number of amides is 1. The molecule has 0 saturated carbocycles. The van der Waals surface area contributed by atoms with Crippen LogP contribution in [0.5, 0.6) is 0 Å². The van der Waals surface area contributed by atoms with Gasteiger partial charge in [-0.05, 0) is 39.3 Å². The summed E-state index contributed by atoms with van der Waals surface area (Å²) in [6, 6.07) is 11.9. The van der Waals surface area contributed by atoms with E-state index in [0.717, 1.165) is 17.0 Å². The molecule has 1 N–H and O–H groups in total. The van der Waals surface area contributed by atoms with E-state index in [2.05, 4.69) is 21.5 Å². The molecule has 0 bridgehead atoms. The minimum Gasteiger partial charge on any atom is -0.311 e. The zero-order chi connectivity index (χ0) is 20.3. The Kier molecular flexibility index (Phi) is 5.73. The fourth-order valence-corrected chi connectivity index (χ4v) is 3.22. The van der Waals surface area contributed by atoms with E-state index in [1.807, 2.05) is 51.1 Å². The zero-order valence-corrected chi connectivity index (χ0v) is 16.7. The smallest absolute Gasteiger partial charge is 0.311 e. The van der Waals surface area contributed by atoms with Gasteiger partial charge < -0.3 is 5.32 Å². The molecule has 1 amide bonds. The maximum atomic E-state index is 12.5. The summed E-state index contributed by atoms with van der Waals surface area (Å²) in [6.45, 7) is 8.42. The molecule has 0 aliphatic carbocycles. The molecule has 28 heavy (non-hydrogen) atoms. The Hall–Kier alpha value is -3.22. The van der Waals surface area contributed by atoms with E-state index in [1.54, 1.807) is 11.6 Å². The summed E-state index contributed by atoms with van der Waals surface area (Å²) in [4.78, 5) is 28.4. The lowest BCUT2D eigenvalue weighted by atomic mass is 10.1. The summed E-state index contributed by atoms with van der Waals surface area (Å²) in [6.07, 6.45) is 0.181. The van der Waals surface area contributed by atoms with E-state index < -0.39 is 0 Å². The molecule has 0 spiro atoms. The van der Waals surface area contributed by atoms with Crippen LogP contribution in [0.3, 0.4) is 0 Å². The first kappa shape index (κ1) is 19.5. The molecular formula is C21H25N5O2. The van der Waals surface area contributed by atoms with Gasteiger partial charge in [0.05, 0.1) is 12.2 Å². The topological polar surface area (TPSA) is 81.8 Å². The van der Waals surface area contributed by atoms with Crippen molar-refractivity contribution in [3.05, 3.63) is 75.1 Å². The molecule has 0 atom stereocenters. The Morgan fingerprint density at radius 2 is 1.86 bits per heavy atom. The van der Waals surface area contributed by atoms with Gasteiger partial charge in [0.2, 0.25) is 5.91 Å². The highest BCUT2D eigenvalue weighted by molar-refractivity contribution is 5.89. The van der Waals surface area contributed by atoms with Crippen LogP contribution >= 0.6 is 0 Å². The van der Waals surface area contributed by atoms with Crippen molar-refractivity contribution in [2.45, 2.75) is 47.2 Å². The molecule has 1 aromatic carbocycles. The quantitative estimate of drug-likeness (QED) is 0.714. The number of anilines is 1. The van der Waals surface area contributed by atoms with Crippen molar-refractivity contribution in [2.24, 2.45) is 0 Å². The second-order valence-corrected chi connectivity index (χ2v) is 7.09. The second kappa shape index (κ2) is 8.21. The Bertz CT molecular complexity index is 1060. The first-order valence-corrected chi connectivity index (χ1v) is 9.27. The fourth-order valence-electron chi connectivity index (χ4n) is 3.22. The summed E-state index contributed by atoms with van der Waals surface area (Å²) in [5.41, 5.74) is 4.28. The number of aromatic nitrogens is 4. The summed E-state index contributed by atoms with van der Waals surface area (Å²) in [5.74, 6) is 0.479. The SMILES string of the molecule is Cc1cccc(Cn2nc(C)cc2NC(=O)CCn2c(C)cc(C)nc2=O)c1. The molecular weight excluding hydrogens is 354 g/mol. The Morgan fingerprint density at radius 1 is 1.07 bits per heavy atom. The van der Waals surface area contributed by atoms with Crippen LogP contribution in [0.2, 0.25) is 0 Å². The Balaban J connectivity index is 1.69. The number of nitrogens with zero attached hydrogens (tertiary/aromatic N) is 4. The third-order valence-electron chi connectivity index (χ3n) is 4.49. The molecule has 2 aromatic heterocycles. The number of rotatable bonds is 6. The van der Waals surface area contributed by atoms with Gasteiger partial charge in [0, 0.05) is 30.4 Å². The highest BCUT2D eigenvalue weighted by Crippen LogP contribution is 2.14. The van der Waals surface area contributed by atoms with Gasteiger partial charge in [-0.1, -0.05) is 29.8 Å². The third kappa shape index (κ3) is 4.73. The number of carbonyl (C=O) groups excluding carboxylic acids is 1. The molecule has 0 aliphatic rings. The maximum absolute atomic E-state index is 12.5. The highest BCUT2D eigenvalue weighted by atomic mass is 16.2. The zero-order valence-electron chi connectivity index (χ0n) is 16.7. The number of aryl methyl sites for hydroxylation is 4. The molecule has 0 saturated heterocycles. The number of carbonyl (C=O) groups is 1. The van der Waals surface area contributed by atoms with Crippen LogP contribution in [0.1, 0.15) is 34.6 Å². The fraction of sp³-hybridized carbons (Fsp3) is 0.333. The molecule has 0 radical (unpaired) electrons. The van der Waals surface area contributed by atoms with E-state index in [9.17, 15) is 9.59 Å². The van der Waals surface area contributed by atoms with Crippen LogP contribution < -0.4 is 11.0 Å². The molecule has 0 unspecified atom stereocenters. The molecule has 3 aromatic rings. The van der Waals surface area contributed by atoms with E-state index in [0.29, 0.717) is 18.1 Å². The van der Waals surface area contributed by atoms with E-state index >= 15 is 0 Å². The average Bonchev–Trinajstić information content (AvgIpc) is 2.92. The number of hydrogen-bond donors (Lipinski definition) is 1. The lowest BCUT2D eigenvalue weighted by Gasteiger charge is -2.11. The molecule has 0 fully saturated rings. The summed E-state index contributed by atoms with van der Waals surface area (Å²) >= 11 is 0. The van der Waals surface area contributed by atoms with Crippen molar-refractivity contribution in [3.63, 3.8) is 0 Å². The van der Waals surface area contributed by atoms with Gasteiger partial charge in [0.25, 0.3) is 0 Å². The van der Waals surface area contributed by atoms with E-state index in [-0.39, 0.29) is 24.6 Å².